The highest BCUT2D eigenvalue weighted by atomic mass is 16.3. The zero-order valence-corrected chi connectivity index (χ0v) is 8.84. The molecule has 0 aromatic carbocycles. The Morgan fingerprint density at radius 1 is 1.46 bits per heavy atom. The standard InChI is InChI=1S/C4H9NO.C4H11N.CH2O/c6-4-1-2-5-3-4;1-4(2,3)5;1-2/h4-6H,1-3H2;5H2,1-3H3;1H2. The van der Waals surface area contributed by atoms with Crippen molar-refractivity contribution in [1.82, 2.24) is 5.32 Å². The third-order valence-corrected chi connectivity index (χ3v) is 1.03. The molecule has 1 heterocycles. The molecular weight excluding hydrogens is 168 g/mol. The van der Waals surface area contributed by atoms with Crippen LogP contribution >= 0.6 is 0 Å². The highest BCUT2D eigenvalue weighted by molar-refractivity contribution is 5.10. The Morgan fingerprint density at radius 3 is 1.92 bits per heavy atom. The molecular formula is C9H22N2O2. The van der Waals surface area contributed by atoms with Crippen LogP contribution in [0.2, 0.25) is 0 Å². The van der Waals surface area contributed by atoms with Crippen molar-refractivity contribution in [2.75, 3.05) is 13.1 Å². The van der Waals surface area contributed by atoms with E-state index in [-0.39, 0.29) is 11.6 Å². The van der Waals surface area contributed by atoms with Gasteiger partial charge in [-0.2, -0.15) is 0 Å². The van der Waals surface area contributed by atoms with Gasteiger partial charge < -0.3 is 21.0 Å². The van der Waals surface area contributed by atoms with Gasteiger partial charge in [0.15, 0.2) is 0 Å². The molecule has 13 heavy (non-hydrogen) atoms. The highest BCUT2D eigenvalue weighted by Gasteiger charge is 2.08. The normalized spacial score (nSPS) is 20.8. The molecule has 0 aliphatic carbocycles. The van der Waals surface area contributed by atoms with Gasteiger partial charge >= 0.3 is 0 Å². The van der Waals surface area contributed by atoms with Crippen LogP contribution in [0.4, 0.5) is 0 Å². The number of rotatable bonds is 0. The number of hydrogen-bond donors (Lipinski definition) is 3. The van der Waals surface area contributed by atoms with Gasteiger partial charge in [0.2, 0.25) is 0 Å². The van der Waals surface area contributed by atoms with Crippen molar-refractivity contribution in [3.8, 4) is 0 Å². The first-order chi connectivity index (χ1) is 5.89. The zero-order chi connectivity index (χ0) is 10.9. The summed E-state index contributed by atoms with van der Waals surface area (Å²) >= 11 is 0. The second-order valence-electron chi connectivity index (χ2n) is 4.01. The molecule has 0 spiro atoms. The van der Waals surface area contributed by atoms with Crippen molar-refractivity contribution >= 4 is 6.79 Å². The van der Waals surface area contributed by atoms with Gasteiger partial charge in [0.25, 0.3) is 0 Å². The van der Waals surface area contributed by atoms with E-state index in [2.05, 4.69) is 5.32 Å². The maximum Gasteiger partial charge on any atom is 0.106 e. The summed E-state index contributed by atoms with van der Waals surface area (Å²) in [7, 11) is 0. The fourth-order valence-electron chi connectivity index (χ4n) is 0.639. The van der Waals surface area contributed by atoms with E-state index in [0.717, 1.165) is 19.5 Å². The molecule has 1 fully saturated rings. The van der Waals surface area contributed by atoms with Crippen molar-refractivity contribution in [2.45, 2.75) is 38.8 Å². The minimum Gasteiger partial charge on any atom is -0.392 e. The quantitative estimate of drug-likeness (QED) is 0.498. The zero-order valence-electron chi connectivity index (χ0n) is 8.84. The molecule has 0 aromatic heterocycles. The molecule has 1 saturated heterocycles. The molecule has 1 atom stereocenters. The molecule has 0 aromatic rings. The number of nitrogens with two attached hydrogens (primary N) is 1. The van der Waals surface area contributed by atoms with Crippen molar-refractivity contribution in [3.63, 3.8) is 0 Å². The molecule has 4 N–H and O–H groups in total. The third-order valence-electron chi connectivity index (χ3n) is 1.03. The van der Waals surface area contributed by atoms with Gasteiger partial charge in [0.1, 0.15) is 6.79 Å². The molecule has 1 unspecified atom stereocenters. The van der Waals surface area contributed by atoms with Crippen LogP contribution in [0.5, 0.6) is 0 Å². The SMILES string of the molecule is C=O.CC(C)(C)N.OC1CCNC1. The Labute approximate surface area is 80.5 Å². The van der Waals surface area contributed by atoms with Gasteiger partial charge in [0.05, 0.1) is 6.10 Å². The summed E-state index contributed by atoms with van der Waals surface area (Å²) in [4.78, 5) is 8.00. The largest absolute Gasteiger partial charge is 0.392 e. The lowest BCUT2D eigenvalue weighted by molar-refractivity contribution is -0.0979. The molecule has 1 aliphatic heterocycles. The molecule has 0 amide bonds. The first-order valence-electron chi connectivity index (χ1n) is 4.36. The van der Waals surface area contributed by atoms with E-state index in [4.69, 9.17) is 15.6 Å². The first-order valence-corrected chi connectivity index (χ1v) is 4.36. The summed E-state index contributed by atoms with van der Waals surface area (Å²) in [6.45, 7) is 9.67. The number of aliphatic hydroxyl groups is 1. The molecule has 1 aliphatic rings. The summed E-state index contributed by atoms with van der Waals surface area (Å²) < 4.78 is 0. The van der Waals surface area contributed by atoms with Crippen molar-refractivity contribution in [2.24, 2.45) is 5.73 Å². The van der Waals surface area contributed by atoms with E-state index in [1.165, 1.54) is 0 Å². The topological polar surface area (TPSA) is 75.4 Å². The Hall–Kier alpha value is -0.450. The minimum absolute atomic E-state index is 0. The van der Waals surface area contributed by atoms with Crippen LogP contribution in [0.1, 0.15) is 27.2 Å². The summed E-state index contributed by atoms with van der Waals surface area (Å²) in [6, 6.07) is 0. The van der Waals surface area contributed by atoms with Gasteiger partial charge in [-0.05, 0) is 33.7 Å². The predicted octanol–water partition coefficient (Wildman–Crippen LogP) is -0.101. The van der Waals surface area contributed by atoms with Crippen LogP contribution in [0.25, 0.3) is 0 Å². The average molecular weight is 190 g/mol. The van der Waals surface area contributed by atoms with Crippen LogP contribution in [0.15, 0.2) is 0 Å². The number of carbonyl (C=O) groups excluding carboxylic acids is 1. The Balaban J connectivity index is 0. The summed E-state index contributed by atoms with van der Waals surface area (Å²) in [5, 5.41) is 11.7. The lowest BCUT2D eigenvalue weighted by Crippen LogP contribution is -2.26. The van der Waals surface area contributed by atoms with E-state index in [9.17, 15) is 0 Å². The molecule has 0 radical (unpaired) electrons. The first kappa shape index (κ1) is 15.0. The van der Waals surface area contributed by atoms with Crippen molar-refractivity contribution in [3.05, 3.63) is 0 Å². The fraction of sp³-hybridized carbons (Fsp3) is 0.889. The second kappa shape index (κ2) is 8.16. The number of aliphatic hydroxyl groups excluding tert-OH is 1. The highest BCUT2D eigenvalue weighted by Crippen LogP contribution is 1.93. The van der Waals surface area contributed by atoms with Gasteiger partial charge in [-0.25, -0.2) is 0 Å². The molecule has 0 saturated carbocycles. The van der Waals surface area contributed by atoms with E-state index >= 15 is 0 Å². The maximum absolute atomic E-state index is 8.67. The molecule has 1 rings (SSSR count). The van der Waals surface area contributed by atoms with Gasteiger partial charge in [-0.1, -0.05) is 0 Å². The smallest absolute Gasteiger partial charge is 0.106 e. The molecule has 80 valence electrons. The van der Waals surface area contributed by atoms with Crippen molar-refractivity contribution in [1.29, 1.82) is 0 Å². The minimum atomic E-state index is -0.0648. The number of nitrogens with one attached hydrogen (secondary N) is 1. The van der Waals surface area contributed by atoms with Gasteiger partial charge in [0, 0.05) is 12.1 Å². The van der Waals surface area contributed by atoms with E-state index < -0.39 is 0 Å². The number of hydrogen-bond acceptors (Lipinski definition) is 4. The van der Waals surface area contributed by atoms with Gasteiger partial charge in [-0.15, -0.1) is 0 Å². The van der Waals surface area contributed by atoms with Crippen LogP contribution in [-0.4, -0.2) is 36.6 Å². The van der Waals surface area contributed by atoms with Crippen LogP contribution in [0, 0.1) is 0 Å². The molecule has 4 nitrogen and oxygen atoms in total. The number of β-amino-alcohol motifs (C(OH)–C–C–N with tert-alkyl or cyclic N) is 1. The fourth-order valence-corrected chi connectivity index (χ4v) is 0.639. The van der Waals surface area contributed by atoms with Crippen LogP contribution in [-0.2, 0) is 4.79 Å². The summed E-state index contributed by atoms with van der Waals surface area (Å²) in [6.07, 6.45) is 0.866. The maximum atomic E-state index is 8.67. The van der Waals surface area contributed by atoms with Gasteiger partial charge in [-0.3, -0.25) is 0 Å². The third kappa shape index (κ3) is 24.6. The molecule has 0 bridgehead atoms. The van der Waals surface area contributed by atoms with Crippen LogP contribution < -0.4 is 11.1 Å². The Kier molecular flexibility index (Phi) is 9.44. The van der Waals surface area contributed by atoms with E-state index in [1.807, 2.05) is 27.6 Å². The lowest BCUT2D eigenvalue weighted by Gasteiger charge is -2.06. The number of carbonyl (C=O) groups is 1. The van der Waals surface area contributed by atoms with E-state index in [1.54, 1.807) is 0 Å². The monoisotopic (exact) mass is 190 g/mol. The Morgan fingerprint density at radius 2 is 1.85 bits per heavy atom. The predicted molar refractivity (Wildman–Crippen MR) is 54.6 cm³/mol. The van der Waals surface area contributed by atoms with Crippen molar-refractivity contribution < 1.29 is 9.90 Å². The van der Waals surface area contributed by atoms with Crippen LogP contribution in [0.3, 0.4) is 0 Å². The molecule has 4 heteroatoms. The summed E-state index contributed by atoms with van der Waals surface area (Å²) in [5.41, 5.74) is 5.35. The lowest BCUT2D eigenvalue weighted by atomic mass is 10.1. The second-order valence-corrected chi connectivity index (χ2v) is 4.01. The van der Waals surface area contributed by atoms with E-state index in [0.29, 0.717) is 0 Å². The summed E-state index contributed by atoms with van der Waals surface area (Å²) in [5.74, 6) is 0. The average Bonchev–Trinajstić information content (AvgIpc) is 2.40. The Bertz CT molecular complexity index is 101.